The third-order valence-corrected chi connectivity index (χ3v) is 4.79. The summed E-state index contributed by atoms with van der Waals surface area (Å²) < 4.78 is 2.12. The van der Waals surface area contributed by atoms with Crippen LogP contribution in [0.3, 0.4) is 0 Å². The molecular weight excluding hydrogens is 280 g/mol. The van der Waals surface area contributed by atoms with E-state index < -0.39 is 0 Å². The highest BCUT2D eigenvalue weighted by molar-refractivity contribution is 7.09. The summed E-state index contributed by atoms with van der Waals surface area (Å²) in [7, 11) is 0. The molecule has 0 radical (unpaired) electrons. The van der Waals surface area contributed by atoms with Gasteiger partial charge in [0.05, 0.1) is 5.69 Å². The molecule has 1 N–H and O–H groups in total. The van der Waals surface area contributed by atoms with Gasteiger partial charge in [0.2, 0.25) is 0 Å². The number of aromatic nitrogens is 2. The Morgan fingerprint density at radius 1 is 1.24 bits per heavy atom. The molecule has 4 heterocycles. The minimum atomic E-state index is 0.919. The van der Waals surface area contributed by atoms with E-state index >= 15 is 0 Å². The Kier molecular flexibility index (Phi) is 3.37. The predicted octanol–water partition coefficient (Wildman–Crippen LogP) is 2.40. The molecule has 0 bridgehead atoms. The summed E-state index contributed by atoms with van der Waals surface area (Å²) in [6.45, 7) is 4.25. The summed E-state index contributed by atoms with van der Waals surface area (Å²) in [6.07, 6.45) is 5.18. The standard InChI is InChI=1S/C16H18N4S/c1-2-15(21-9-1)10-13-12-20-6-3-14(11-16(20)18-13)19-7-4-17-5-8-19/h1-3,6,9,11-12,17H,4-5,7-8,10H2. The molecule has 108 valence electrons. The van der Waals surface area contributed by atoms with Gasteiger partial charge < -0.3 is 14.6 Å². The molecule has 1 saturated heterocycles. The van der Waals surface area contributed by atoms with Crippen molar-refractivity contribution in [2.24, 2.45) is 0 Å². The zero-order valence-corrected chi connectivity index (χ0v) is 12.6. The third-order valence-electron chi connectivity index (χ3n) is 3.91. The minimum absolute atomic E-state index is 0.919. The van der Waals surface area contributed by atoms with Gasteiger partial charge in [-0.25, -0.2) is 4.98 Å². The minimum Gasteiger partial charge on any atom is -0.369 e. The molecule has 21 heavy (non-hydrogen) atoms. The lowest BCUT2D eigenvalue weighted by atomic mass is 10.3. The SMILES string of the molecule is c1csc(Cc2cn3ccc(N4CCNCC4)cc3n2)c1. The Hall–Kier alpha value is -1.85. The number of thiophene rings is 1. The van der Waals surface area contributed by atoms with Crippen molar-refractivity contribution < 1.29 is 0 Å². The van der Waals surface area contributed by atoms with Crippen LogP contribution in [0.2, 0.25) is 0 Å². The molecule has 3 aromatic heterocycles. The molecule has 1 aliphatic rings. The first kappa shape index (κ1) is 12.9. The Bertz CT molecular complexity index is 726. The van der Waals surface area contributed by atoms with Crippen molar-refractivity contribution >= 4 is 22.7 Å². The molecule has 0 aliphatic carbocycles. The van der Waals surface area contributed by atoms with Crippen LogP contribution >= 0.6 is 11.3 Å². The Labute approximate surface area is 128 Å². The largest absolute Gasteiger partial charge is 0.369 e. The van der Waals surface area contributed by atoms with Crippen LogP contribution in [0, 0.1) is 0 Å². The molecule has 1 aliphatic heterocycles. The molecule has 0 atom stereocenters. The average molecular weight is 298 g/mol. The smallest absolute Gasteiger partial charge is 0.139 e. The zero-order chi connectivity index (χ0) is 14.1. The van der Waals surface area contributed by atoms with E-state index in [4.69, 9.17) is 4.98 Å². The molecule has 1 fully saturated rings. The van der Waals surface area contributed by atoms with E-state index in [0.717, 1.165) is 43.9 Å². The zero-order valence-electron chi connectivity index (χ0n) is 11.8. The number of imidazole rings is 1. The highest BCUT2D eigenvalue weighted by Gasteiger charge is 2.11. The predicted molar refractivity (Wildman–Crippen MR) is 87.4 cm³/mol. The fourth-order valence-electron chi connectivity index (χ4n) is 2.82. The van der Waals surface area contributed by atoms with Crippen molar-refractivity contribution in [2.45, 2.75) is 6.42 Å². The van der Waals surface area contributed by atoms with Crippen LogP contribution in [0.5, 0.6) is 0 Å². The molecule has 3 aromatic rings. The second-order valence-electron chi connectivity index (χ2n) is 5.38. The number of rotatable bonds is 3. The first-order valence-electron chi connectivity index (χ1n) is 7.34. The van der Waals surface area contributed by atoms with Crippen LogP contribution < -0.4 is 10.2 Å². The second-order valence-corrected chi connectivity index (χ2v) is 6.41. The number of fused-ring (bicyclic) bond motifs is 1. The molecule has 0 spiro atoms. The Balaban J connectivity index is 1.61. The maximum Gasteiger partial charge on any atom is 0.139 e. The van der Waals surface area contributed by atoms with Crippen LogP contribution in [0.25, 0.3) is 5.65 Å². The number of hydrogen-bond acceptors (Lipinski definition) is 4. The van der Waals surface area contributed by atoms with Gasteiger partial charge in [0.25, 0.3) is 0 Å². The van der Waals surface area contributed by atoms with E-state index in [9.17, 15) is 0 Å². The normalized spacial score (nSPS) is 15.7. The molecule has 0 unspecified atom stereocenters. The molecule has 4 nitrogen and oxygen atoms in total. The van der Waals surface area contributed by atoms with Crippen molar-refractivity contribution in [1.82, 2.24) is 14.7 Å². The van der Waals surface area contributed by atoms with Crippen molar-refractivity contribution in [3.8, 4) is 0 Å². The average Bonchev–Trinajstić information content (AvgIpc) is 3.16. The summed E-state index contributed by atoms with van der Waals surface area (Å²) in [5.41, 5.74) is 3.45. The first-order chi connectivity index (χ1) is 10.4. The molecule has 5 heteroatoms. The van der Waals surface area contributed by atoms with Gasteiger partial charge in [-0.2, -0.15) is 0 Å². The Morgan fingerprint density at radius 3 is 2.95 bits per heavy atom. The highest BCUT2D eigenvalue weighted by Crippen LogP contribution is 2.19. The monoisotopic (exact) mass is 298 g/mol. The van der Waals surface area contributed by atoms with Gasteiger partial charge in [-0.05, 0) is 17.5 Å². The van der Waals surface area contributed by atoms with Crippen LogP contribution in [0.15, 0.2) is 42.0 Å². The number of hydrogen-bond donors (Lipinski definition) is 1. The number of pyridine rings is 1. The van der Waals surface area contributed by atoms with E-state index in [1.165, 1.54) is 10.6 Å². The van der Waals surface area contributed by atoms with Crippen LogP contribution in [0.1, 0.15) is 10.6 Å². The number of anilines is 1. The number of piperazine rings is 1. The van der Waals surface area contributed by atoms with Crippen molar-refractivity contribution in [2.75, 3.05) is 31.1 Å². The van der Waals surface area contributed by atoms with Crippen LogP contribution in [-0.2, 0) is 6.42 Å². The van der Waals surface area contributed by atoms with Gasteiger partial charge in [0, 0.05) is 61.6 Å². The van der Waals surface area contributed by atoms with Crippen LogP contribution in [-0.4, -0.2) is 35.6 Å². The van der Waals surface area contributed by atoms with E-state index in [-0.39, 0.29) is 0 Å². The van der Waals surface area contributed by atoms with Gasteiger partial charge in [0.15, 0.2) is 0 Å². The molecular formula is C16H18N4S. The van der Waals surface area contributed by atoms with E-state index in [1.807, 2.05) is 0 Å². The molecule has 0 amide bonds. The van der Waals surface area contributed by atoms with E-state index in [2.05, 4.69) is 56.7 Å². The molecule has 0 saturated carbocycles. The van der Waals surface area contributed by atoms with E-state index in [0.29, 0.717) is 0 Å². The number of nitrogens with zero attached hydrogens (tertiary/aromatic N) is 3. The lowest BCUT2D eigenvalue weighted by Gasteiger charge is -2.29. The molecule has 4 rings (SSSR count). The van der Waals surface area contributed by atoms with Gasteiger partial charge >= 0.3 is 0 Å². The topological polar surface area (TPSA) is 32.6 Å². The van der Waals surface area contributed by atoms with Crippen molar-refractivity contribution in [3.05, 3.63) is 52.6 Å². The number of nitrogens with one attached hydrogen (secondary N) is 1. The fourth-order valence-corrected chi connectivity index (χ4v) is 3.54. The van der Waals surface area contributed by atoms with Gasteiger partial charge in [-0.3, -0.25) is 0 Å². The van der Waals surface area contributed by atoms with Gasteiger partial charge in [-0.1, -0.05) is 6.07 Å². The van der Waals surface area contributed by atoms with E-state index in [1.54, 1.807) is 11.3 Å². The van der Waals surface area contributed by atoms with Crippen molar-refractivity contribution in [1.29, 1.82) is 0 Å². The van der Waals surface area contributed by atoms with Crippen LogP contribution in [0.4, 0.5) is 5.69 Å². The molecule has 0 aromatic carbocycles. The lowest BCUT2D eigenvalue weighted by molar-refractivity contribution is 0.589. The van der Waals surface area contributed by atoms with Gasteiger partial charge in [0.1, 0.15) is 5.65 Å². The summed E-state index contributed by atoms with van der Waals surface area (Å²) in [6, 6.07) is 8.65. The quantitative estimate of drug-likeness (QED) is 0.806. The highest BCUT2D eigenvalue weighted by atomic mass is 32.1. The summed E-state index contributed by atoms with van der Waals surface area (Å²) in [5.74, 6) is 0. The van der Waals surface area contributed by atoms with Crippen molar-refractivity contribution in [3.63, 3.8) is 0 Å². The summed E-state index contributed by atoms with van der Waals surface area (Å²) in [4.78, 5) is 8.55. The fraction of sp³-hybridized carbons (Fsp3) is 0.312. The summed E-state index contributed by atoms with van der Waals surface area (Å²) in [5, 5.41) is 5.51. The summed E-state index contributed by atoms with van der Waals surface area (Å²) >= 11 is 1.79. The second kappa shape index (κ2) is 5.50. The van der Waals surface area contributed by atoms with Gasteiger partial charge in [-0.15, -0.1) is 11.3 Å². The lowest BCUT2D eigenvalue weighted by Crippen LogP contribution is -2.43. The first-order valence-corrected chi connectivity index (χ1v) is 8.22. The third kappa shape index (κ3) is 2.66. The maximum atomic E-state index is 4.77. The maximum absolute atomic E-state index is 4.77. The Morgan fingerprint density at radius 2 is 2.14 bits per heavy atom.